The van der Waals surface area contributed by atoms with Crippen LogP contribution in [0.3, 0.4) is 0 Å². The molecule has 0 unspecified atom stereocenters. The number of hydrogen-bond acceptors (Lipinski definition) is 1. The lowest BCUT2D eigenvalue weighted by Gasteiger charge is -1.96. The predicted molar refractivity (Wildman–Crippen MR) is 82.3 cm³/mol. The largest absolute Gasteiger partial charge is 0.276 e. The average Bonchev–Trinajstić information content (AvgIpc) is 2.87. The molecule has 0 aliphatic carbocycles. The van der Waals surface area contributed by atoms with Gasteiger partial charge in [-0.1, -0.05) is 18.2 Å². The molecule has 0 atom stereocenters. The van der Waals surface area contributed by atoms with Gasteiger partial charge in [0, 0.05) is 0 Å². The van der Waals surface area contributed by atoms with E-state index in [1.165, 1.54) is 22.1 Å². The molecular weight excluding hydrogens is 337 g/mol. The van der Waals surface area contributed by atoms with Gasteiger partial charge in [-0.15, -0.1) is 0 Å². The minimum Gasteiger partial charge on any atom is -0.276 e. The minimum atomic E-state index is 0.984. The van der Waals surface area contributed by atoms with Crippen molar-refractivity contribution in [3.8, 4) is 0 Å². The Bertz CT molecular complexity index is 901. The molecule has 0 amide bonds. The molecule has 2 heterocycles. The second-order valence-corrected chi connectivity index (χ2v) is 5.47. The van der Waals surface area contributed by atoms with Gasteiger partial charge in [-0.25, -0.2) is 7.76 Å². The second kappa shape index (κ2) is 3.47. The molecule has 0 bridgehead atoms. The number of aryl methyl sites for hydroxylation is 1. The predicted octanol–water partition coefficient (Wildman–Crippen LogP) is 3.95. The zero-order valence-electron chi connectivity index (χ0n) is 9.76. The highest BCUT2D eigenvalue weighted by Gasteiger charge is 2.13. The Labute approximate surface area is 118 Å². The van der Waals surface area contributed by atoms with Gasteiger partial charge in [-0.05, 0) is 36.8 Å². The first-order valence-electron chi connectivity index (χ1n) is 5.80. The van der Waals surface area contributed by atoms with Gasteiger partial charge in [0.2, 0.25) is 5.78 Å². The standard InChI is InChI=1S/C14H10IN3/c1-9-6-7-12-13(8-9)17-11-5-3-2-4-10(11)16-14(17)18(12)15/h2-8H,1H3. The first kappa shape index (κ1) is 10.4. The van der Waals surface area contributed by atoms with Gasteiger partial charge in [-0.2, -0.15) is 0 Å². The van der Waals surface area contributed by atoms with Crippen LogP contribution in [0.15, 0.2) is 42.5 Å². The molecule has 0 spiro atoms. The van der Waals surface area contributed by atoms with Crippen molar-refractivity contribution in [2.24, 2.45) is 0 Å². The highest BCUT2D eigenvalue weighted by Crippen LogP contribution is 2.28. The average molecular weight is 347 g/mol. The summed E-state index contributed by atoms with van der Waals surface area (Å²) in [6.07, 6.45) is 0. The van der Waals surface area contributed by atoms with E-state index in [0.29, 0.717) is 0 Å². The Balaban J connectivity index is 2.37. The van der Waals surface area contributed by atoms with Crippen molar-refractivity contribution in [2.75, 3.05) is 0 Å². The van der Waals surface area contributed by atoms with Gasteiger partial charge in [0.25, 0.3) is 0 Å². The summed E-state index contributed by atoms with van der Waals surface area (Å²) < 4.78 is 4.34. The number of benzene rings is 2. The first-order valence-corrected chi connectivity index (χ1v) is 6.76. The number of hydrogen-bond donors (Lipinski definition) is 0. The second-order valence-electron chi connectivity index (χ2n) is 4.51. The third-order valence-corrected chi connectivity index (χ3v) is 4.25. The van der Waals surface area contributed by atoms with E-state index in [1.54, 1.807) is 0 Å². The Kier molecular flexibility index (Phi) is 2.00. The fraction of sp³-hybridized carbons (Fsp3) is 0.0714. The molecule has 0 radical (unpaired) electrons. The molecule has 4 heteroatoms. The molecular formula is C14H10IN3. The van der Waals surface area contributed by atoms with Crippen LogP contribution in [0, 0.1) is 6.92 Å². The SMILES string of the molecule is Cc1ccc2c(c1)n1c3ccccc3nc1n2I. The monoisotopic (exact) mass is 347 g/mol. The van der Waals surface area contributed by atoms with Crippen molar-refractivity contribution in [1.82, 2.24) is 12.2 Å². The van der Waals surface area contributed by atoms with Crippen LogP contribution in [0.1, 0.15) is 5.56 Å². The summed E-state index contributed by atoms with van der Waals surface area (Å²) >= 11 is 2.31. The van der Waals surface area contributed by atoms with Gasteiger partial charge in [0.15, 0.2) is 0 Å². The molecule has 0 fully saturated rings. The number of halogens is 1. The number of fused-ring (bicyclic) bond motifs is 5. The summed E-state index contributed by atoms with van der Waals surface area (Å²) in [5.74, 6) is 0.984. The summed E-state index contributed by atoms with van der Waals surface area (Å²) in [6, 6.07) is 14.8. The molecule has 3 nitrogen and oxygen atoms in total. The van der Waals surface area contributed by atoms with Crippen molar-refractivity contribution in [2.45, 2.75) is 6.92 Å². The molecule has 0 aliphatic rings. The summed E-state index contributed by atoms with van der Waals surface area (Å²) in [5.41, 5.74) is 5.89. The Hall–Kier alpha value is -1.56. The molecule has 2 aromatic heterocycles. The van der Waals surface area contributed by atoms with Crippen LogP contribution >= 0.6 is 22.9 Å². The molecule has 2 aromatic carbocycles. The summed E-state index contributed by atoms with van der Waals surface area (Å²) in [4.78, 5) is 4.70. The highest BCUT2D eigenvalue weighted by molar-refractivity contribution is 14.1. The van der Waals surface area contributed by atoms with E-state index in [0.717, 1.165) is 11.3 Å². The number of nitrogens with zero attached hydrogens (tertiary/aromatic N) is 3. The number of para-hydroxylation sites is 2. The van der Waals surface area contributed by atoms with Crippen LogP contribution in [0.25, 0.3) is 27.8 Å². The molecule has 88 valence electrons. The van der Waals surface area contributed by atoms with Gasteiger partial charge in [0.05, 0.1) is 44.9 Å². The van der Waals surface area contributed by atoms with Gasteiger partial charge in [-0.3, -0.25) is 4.40 Å². The first-order chi connectivity index (χ1) is 8.75. The Morgan fingerprint density at radius 1 is 1.00 bits per heavy atom. The zero-order valence-corrected chi connectivity index (χ0v) is 11.9. The molecule has 0 N–H and O–H groups in total. The number of rotatable bonds is 0. The smallest absolute Gasteiger partial charge is 0.225 e. The van der Waals surface area contributed by atoms with Crippen LogP contribution in [-0.4, -0.2) is 12.2 Å². The Morgan fingerprint density at radius 2 is 1.83 bits per heavy atom. The van der Waals surface area contributed by atoms with Crippen molar-refractivity contribution in [1.29, 1.82) is 0 Å². The number of imidazole rings is 2. The number of aromatic nitrogens is 3. The molecule has 4 rings (SSSR count). The van der Waals surface area contributed by atoms with E-state index in [4.69, 9.17) is 4.98 Å². The lowest BCUT2D eigenvalue weighted by Crippen LogP contribution is -1.80. The molecule has 4 aromatic rings. The van der Waals surface area contributed by atoms with Crippen molar-refractivity contribution < 1.29 is 0 Å². The van der Waals surface area contributed by atoms with Gasteiger partial charge < -0.3 is 0 Å². The van der Waals surface area contributed by atoms with Gasteiger partial charge in [0.1, 0.15) is 0 Å². The minimum absolute atomic E-state index is 0.984. The maximum atomic E-state index is 4.70. The maximum Gasteiger partial charge on any atom is 0.225 e. The van der Waals surface area contributed by atoms with Crippen molar-refractivity contribution in [3.05, 3.63) is 48.0 Å². The van der Waals surface area contributed by atoms with E-state index < -0.39 is 0 Å². The summed E-state index contributed by atoms with van der Waals surface area (Å²) in [7, 11) is 0. The lowest BCUT2D eigenvalue weighted by atomic mass is 10.2. The van der Waals surface area contributed by atoms with Gasteiger partial charge >= 0.3 is 0 Å². The van der Waals surface area contributed by atoms with Crippen molar-refractivity contribution >= 4 is 50.7 Å². The van der Waals surface area contributed by atoms with E-state index in [2.05, 4.69) is 73.4 Å². The third kappa shape index (κ3) is 1.21. The molecule has 0 saturated carbocycles. The van der Waals surface area contributed by atoms with Crippen LogP contribution in [-0.2, 0) is 0 Å². The third-order valence-electron chi connectivity index (χ3n) is 3.30. The van der Waals surface area contributed by atoms with Crippen LogP contribution in [0.4, 0.5) is 0 Å². The maximum absolute atomic E-state index is 4.70. The van der Waals surface area contributed by atoms with Crippen LogP contribution < -0.4 is 0 Å². The van der Waals surface area contributed by atoms with E-state index in [-0.39, 0.29) is 0 Å². The van der Waals surface area contributed by atoms with Crippen LogP contribution in [0.2, 0.25) is 0 Å². The lowest BCUT2D eigenvalue weighted by molar-refractivity contribution is 1.26. The molecule has 18 heavy (non-hydrogen) atoms. The summed E-state index contributed by atoms with van der Waals surface area (Å²) in [5, 5.41) is 0. The zero-order chi connectivity index (χ0) is 12.3. The van der Waals surface area contributed by atoms with E-state index in [9.17, 15) is 0 Å². The van der Waals surface area contributed by atoms with E-state index >= 15 is 0 Å². The quantitative estimate of drug-likeness (QED) is 0.442. The molecule has 0 saturated heterocycles. The van der Waals surface area contributed by atoms with Crippen LogP contribution in [0.5, 0.6) is 0 Å². The normalized spacial score (nSPS) is 11.9. The topological polar surface area (TPSA) is 22.2 Å². The van der Waals surface area contributed by atoms with E-state index in [1.807, 2.05) is 6.07 Å². The fourth-order valence-corrected chi connectivity index (χ4v) is 3.20. The molecule has 0 aliphatic heterocycles. The Morgan fingerprint density at radius 3 is 2.72 bits per heavy atom. The van der Waals surface area contributed by atoms with Crippen molar-refractivity contribution in [3.63, 3.8) is 0 Å². The summed E-state index contributed by atoms with van der Waals surface area (Å²) in [6.45, 7) is 2.12. The highest BCUT2D eigenvalue weighted by atomic mass is 127. The fourth-order valence-electron chi connectivity index (χ4n) is 2.47.